The summed E-state index contributed by atoms with van der Waals surface area (Å²) in [7, 11) is 0. The van der Waals surface area contributed by atoms with E-state index in [1.54, 1.807) is 0 Å². The van der Waals surface area contributed by atoms with Crippen molar-refractivity contribution in [2.75, 3.05) is 31.2 Å². The quantitative estimate of drug-likeness (QED) is 0.864. The minimum absolute atomic E-state index is 0.0468. The maximum atomic E-state index is 12.8. The molecule has 2 N–H and O–H groups in total. The highest BCUT2D eigenvalue weighted by Crippen LogP contribution is 2.35. The Morgan fingerprint density at radius 3 is 2.77 bits per heavy atom. The molecule has 1 aliphatic carbocycles. The van der Waals surface area contributed by atoms with Crippen LogP contribution in [0.15, 0.2) is 41.5 Å². The van der Waals surface area contributed by atoms with Crippen molar-refractivity contribution in [3.63, 3.8) is 0 Å². The smallest absolute Gasteiger partial charge is 0.253 e. The predicted octanol–water partition coefficient (Wildman–Crippen LogP) is 1.28. The number of nitrogens with zero attached hydrogens (tertiary/aromatic N) is 2. The standard InChI is InChI=1S/C19H22N4O3/c24-18-11-16(20-12-21-18)13-9-14(10-13)22-19(25)15-3-1-2-4-17(15)23-5-7-26-8-6-23/h1-4,11-14H,5-10H2,(H,22,25)(H,20,21,24). The van der Waals surface area contributed by atoms with Gasteiger partial charge in [-0.3, -0.25) is 9.59 Å². The molecule has 1 aliphatic heterocycles. The summed E-state index contributed by atoms with van der Waals surface area (Å²) in [5, 5.41) is 3.12. The molecule has 0 unspecified atom stereocenters. The van der Waals surface area contributed by atoms with Crippen LogP contribution in [-0.2, 0) is 4.74 Å². The van der Waals surface area contributed by atoms with E-state index >= 15 is 0 Å². The van der Waals surface area contributed by atoms with E-state index < -0.39 is 0 Å². The zero-order valence-electron chi connectivity index (χ0n) is 14.5. The molecule has 1 saturated carbocycles. The Labute approximate surface area is 151 Å². The number of hydrogen-bond acceptors (Lipinski definition) is 5. The number of aromatic amines is 1. The van der Waals surface area contributed by atoms with Crippen LogP contribution in [-0.4, -0.2) is 48.2 Å². The lowest BCUT2D eigenvalue weighted by atomic mass is 9.78. The number of para-hydroxylation sites is 1. The average molecular weight is 354 g/mol. The van der Waals surface area contributed by atoms with Crippen LogP contribution >= 0.6 is 0 Å². The summed E-state index contributed by atoms with van der Waals surface area (Å²) >= 11 is 0. The van der Waals surface area contributed by atoms with Crippen molar-refractivity contribution >= 4 is 11.6 Å². The minimum Gasteiger partial charge on any atom is -0.378 e. The van der Waals surface area contributed by atoms with E-state index in [4.69, 9.17) is 4.74 Å². The summed E-state index contributed by atoms with van der Waals surface area (Å²) in [6.07, 6.45) is 3.05. The van der Waals surface area contributed by atoms with Gasteiger partial charge in [0, 0.05) is 36.8 Å². The van der Waals surface area contributed by atoms with E-state index in [9.17, 15) is 9.59 Å². The number of carbonyl (C=O) groups excluding carboxylic acids is 1. The molecule has 136 valence electrons. The molecular weight excluding hydrogens is 332 g/mol. The first-order chi connectivity index (χ1) is 12.7. The first-order valence-corrected chi connectivity index (χ1v) is 8.98. The lowest BCUT2D eigenvalue weighted by Gasteiger charge is -2.36. The maximum Gasteiger partial charge on any atom is 0.253 e. The van der Waals surface area contributed by atoms with Crippen LogP contribution in [0.4, 0.5) is 5.69 Å². The molecule has 26 heavy (non-hydrogen) atoms. The lowest BCUT2D eigenvalue weighted by molar-refractivity contribution is 0.0907. The molecule has 7 heteroatoms. The van der Waals surface area contributed by atoms with Crippen molar-refractivity contribution in [1.29, 1.82) is 0 Å². The Kier molecular flexibility index (Phi) is 4.71. The Balaban J connectivity index is 1.40. The Bertz CT molecular complexity index is 838. The molecule has 0 bridgehead atoms. The predicted molar refractivity (Wildman–Crippen MR) is 97.6 cm³/mol. The molecular formula is C19H22N4O3. The van der Waals surface area contributed by atoms with Crippen molar-refractivity contribution in [2.45, 2.75) is 24.8 Å². The fourth-order valence-electron chi connectivity index (χ4n) is 3.59. The van der Waals surface area contributed by atoms with Gasteiger partial charge in [0.2, 0.25) is 0 Å². The number of aromatic nitrogens is 2. The zero-order valence-corrected chi connectivity index (χ0v) is 14.5. The van der Waals surface area contributed by atoms with E-state index in [0.29, 0.717) is 18.8 Å². The van der Waals surface area contributed by atoms with Crippen molar-refractivity contribution in [2.24, 2.45) is 0 Å². The van der Waals surface area contributed by atoms with Gasteiger partial charge in [0.1, 0.15) is 0 Å². The van der Waals surface area contributed by atoms with Gasteiger partial charge >= 0.3 is 0 Å². The van der Waals surface area contributed by atoms with E-state index in [0.717, 1.165) is 37.3 Å². The van der Waals surface area contributed by atoms with Crippen LogP contribution in [0.3, 0.4) is 0 Å². The fraction of sp³-hybridized carbons (Fsp3) is 0.421. The number of H-pyrrole nitrogens is 1. The first kappa shape index (κ1) is 16.8. The number of anilines is 1. The third kappa shape index (κ3) is 3.48. The molecule has 2 heterocycles. The largest absolute Gasteiger partial charge is 0.378 e. The summed E-state index contributed by atoms with van der Waals surface area (Å²) in [4.78, 5) is 33.1. The zero-order chi connectivity index (χ0) is 17.9. The maximum absolute atomic E-state index is 12.8. The normalized spacial score (nSPS) is 22.5. The van der Waals surface area contributed by atoms with Crippen molar-refractivity contribution in [3.8, 4) is 0 Å². The van der Waals surface area contributed by atoms with Crippen LogP contribution < -0.4 is 15.8 Å². The molecule has 0 radical (unpaired) electrons. The molecule has 2 aromatic rings. The van der Waals surface area contributed by atoms with Gasteiger partial charge in [-0.1, -0.05) is 12.1 Å². The van der Waals surface area contributed by atoms with E-state index in [-0.39, 0.29) is 23.4 Å². The monoisotopic (exact) mass is 354 g/mol. The molecule has 7 nitrogen and oxygen atoms in total. The number of carbonyl (C=O) groups is 1. The number of nitrogens with one attached hydrogen (secondary N) is 2. The van der Waals surface area contributed by atoms with Crippen LogP contribution in [0.2, 0.25) is 0 Å². The van der Waals surface area contributed by atoms with Gasteiger partial charge < -0.3 is 19.9 Å². The Hall–Kier alpha value is -2.67. The van der Waals surface area contributed by atoms with Crippen LogP contribution in [0.1, 0.15) is 34.8 Å². The number of amides is 1. The second kappa shape index (κ2) is 7.29. The van der Waals surface area contributed by atoms with Gasteiger partial charge in [0.15, 0.2) is 0 Å². The number of hydrogen-bond donors (Lipinski definition) is 2. The highest BCUT2D eigenvalue weighted by Gasteiger charge is 2.33. The third-order valence-electron chi connectivity index (χ3n) is 5.09. The summed E-state index contributed by atoms with van der Waals surface area (Å²) < 4.78 is 5.40. The second-order valence-corrected chi connectivity index (χ2v) is 6.79. The van der Waals surface area contributed by atoms with Crippen molar-refractivity contribution in [1.82, 2.24) is 15.3 Å². The highest BCUT2D eigenvalue weighted by atomic mass is 16.5. The highest BCUT2D eigenvalue weighted by molar-refractivity contribution is 6.00. The molecule has 4 rings (SSSR count). The van der Waals surface area contributed by atoms with Gasteiger partial charge in [-0.15, -0.1) is 0 Å². The fourth-order valence-corrected chi connectivity index (χ4v) is 3.59. The van der Waals surface area contributed by atoms with Crippen molar-refractivity contribution < 1.29 is 9.53 Å². The summed E-state index contributed by atoms with van der Waals surface area (Å²) in [6, 6.07) is 9.36. The number of benzene rings is 1. The molecule has 2 fully saturated rings. The SMILES string of the molecule is O=C(NC1CC(c2cc(=O)[nH]cn2)C1)c1ccccc1N1CCOCC1. The first-order valence-electron chi connectivity index (χ1n) is 8.98. The lowest BCUT2D eigenvalue weighted by Crippen LogP contribution is -2.44. The number of ether oxygens (including phenoxy) is 1. The van der Waals surface area contributed by atoms with Crippen LogP contribution in [0, 0.1) is 0 Å². The Morgan fingerprint density at radius 1 is 1.23 bits per heavy atom. The topological polar surface area (TPSA) is 87.3 Å². The second-order valence-electron chi connectivity index (χ2n) is 6.79. The molecule has 2 aliphatic rings. The van der Waals surface area contributed by atoms with Gasteiger partial charge in [-0.2, -0.15) is 0 Å². The number of morpholine rings is 1. The van der Waals surface area contributed by atoms with Gasteiger partial charge in [-0.05, 0) is 25.0 Å². The molecule has 1 aromatic carbocycles. The van der Waals surface area contributed by atoms with E-state index in [2.05, 4.69) is 20.2 Å². The summed E-state index contributed by atoms with van der Waals surface area (Å²) in [6.45, 7) is 2.96. The summed E-state index contributed by atoms with van der Waals surface area (Å²) in [5.41, 5.74) is 2.32. The third-order valence-corrected chi connectivity index (χ3v) is 5.09. The van der Waals surface area contributed by atoms with Crippen LogP contribution in [0.25, 0.3) is 0 Å². The molecule has 0 spiro atoms. The molecule has 1 aromatic heterocycles. The van der Waals surface area contributed by atoms with E-state index in [1.165, 1.54) is 12.4 Å². The van der Waals surface area contributed by atoms with E-state index in [1.807, 2.05) is 24.3 Å². The molecule has 0 atom stereocenters. The minimum atomic E-state index is -0.137. The summed E-state index contributed by atoms with van der Waals surface area (Å²) in [5.74, 6) is 0.187. The molecule has 1 amide bonds. The number of rotatable bonds is 4. The van der Waals surface area contributed by atoms with Crippen molar-refractivity contribution in [3.05, 3.63) is 58.3 Å². The average Bonchev–Trinajstić information content (AvgIpc) is 2.65. The molecule has 1 saturated heterocycles. The van der Waals surface area contributed by atoms with Gasteiger partial charge in [0.25, 0.3) is 11.5 Å². The van der Waals surface area contributed by atoms with Crippen LogP contribution in [0.5, 0.6) is 0 Å². The van der Waals surface area contributed by atoms with Gasteiger partial charge in [0.05, 0.1) is 30.8 Å². The Morgan fingerprint density at radius 2 is 2.00 bits per heavy atom. The van der Waals surface area contributed by atoms with Gasteiger partial charge in [-0.25, -0.2) is 4.98 Å².